The minimum Gasteiger partial charge on any atom is -0.316 e. The van der Waals surface area contributed by atoms with Gasteiger partial charge in [0, 0.05) is 17.9 Å². The molecule has 3 rings (SSSR count). The summed E-state index contributed by atoms with van der Waals surface area (Å²) >= 11 is 1.30. The third-order valence-electron chi connectivity index (χ3n) is 3.42. The Labute approximate surface area is 126 Å². The van der Waals surface area contributed by atoms with E-state index in [-0.39, 0.29) is 34.5 Å². The molecule has 2 aliphatic heterocycles. The van der Waals surface area contributed by atoms with Gasteiger partial charge in [0.2, 0.25) is 5.91 Å². The van der Waals surface area contributed by atoms with E-state index < -0.39 is 9.84 Å². The van der Waals surface area contributed by atoms with E-state index in [1.54, 1.807) is 17.0 Å². The standard InChI is InChI=1S/C13H13FN2O3S2/c1-8(17)15-13-16(10-4-2-9(14)3-5-10)11-6-21(18,19)7-12(11)20-13/h2-5,11-12H,6-7H2,1H3/t11-,12+/m0/s1. The number of benzene rings is 1. The maximum Gasteiger partial charge on any atom is 0.244 e. The summed E-state index contributed by atoms with van der Waals surface area (Å²) in [6.45, 7) is 1.35. The Morgan fingerprint density at radius 3 is 2.62 bits per heavy atom. The zero-order valence-corrected chi connectivity index (χ0v) is 12.8. The molecule has 2 saturated heterocycles. The van der Waals surface area contributed by atoms with Crippen molar-refractivity contribution in [3.05, 3.63) is 30.1 Å². The van der Waals surface area contributed by atoms with Gasteiger partial charge in [-0.25, -0.2) is 12.8 Å². The molecule has 0 aliphatic carbocycles. The van der Waals surface area contributed by atoms with Crippen LogP contribution >= 0.6 is 11.8 Å². The highest BCUT2D eigenvalue weighted by molar-refractivity contribution is 8.16. The Morgan fingerprint density at radius 2 is 2.00 bits per heavy atom. The van der Waals surface area contributed by atoms with E-state index in [2.05, 4.69) is 4.99 Å². The molecule has 0 aromatic heterocycles. The molecule has 0 bridgehead atoms. The number of aliphatic imine (C=N–C) groups is 1. The SMILES string of the molecule is CC(=O)N=C1S[C@@H]2CS(=O)(=O)C[C@@H]2N1c1ccc(F)cc1. The number of fused-ring (bicyclic) bond motifs is 1. The van der Waals surface area contributed by atoms with Gasteiger partial charge in [0.05, 0.1) is 17.5 Å². The van der Waals surface area contributed by atoms with Crippen LogP contribution < -0.4 is 4.90 Å². The molecule has 5 nitrogen and oxygen atoms in total. The van der Waals surface area contributed by atoms with E-state index in [9.17, 15) is 17.6 Å². The van der Waals surface area contributed by atoms with Gasteiger partial charge in [-0.3, -0.25) is 4.79 Å². The molecule has 8 heteroatoms. The molecule has 21 heavy (non-hydrogen) atoms. The second-order valence-electron chi connectivity index (χ2n) is 5.06. The predicted molar refractivity (Wildman–Crippen MR) is 80.8 cm³/mol. The number of thioether (sulfide) groups is 1. The maximum atomic E-state index is 13.1. The number of hydrogen-bond donors (Lipinski definition) is 0. The molecule has 2 heterocycles. The van der Waals surface area contributed by atoms with Gasteiger partial charge in [-0.15, -0.1) is 0 Å². The van der Waals surface area contributed by atoms with Crippen LogP contribution in [0.15, 0.2) is 29.3 Å². The van der Waals surface area contributed by atoms with Crippen molar-refractivity contribution in [2.45, 2.75) is 18.2 Å². The van der Waals surface area contributed by atoms with Crippen LogP contribution in [0, 0.1) is 5.82 Å². The van der Waals surface area contributed by atoms with Crippen molar-refractivity contribution in [1.29, 1.82) is 0 Å². The number of anilines is 1. The first-order valence-corrected chi connectivity index (χ1v) is 9.07. The lowest BCUT2D eigenvalue weighted by atomic mass is 10.2. The number of carbonyl (C=O) groups excluding carboxylic acids is 1. The van der Waals surface area contributed by atoms with Crippen LogP contribution in [0.3, 0.4) is 0 Å². The van der Waals surface area contributed by atoms with E-state index in [1.165, 1.54) is 30.8 Å². The van der Waals surface area contributed by atoms with E-state index in [4.69, 9.17) is 0 Å². The molecule has 0 saturated carbocycles. The van der Waals surface area contributed by atoms with Crippen molar-refractivity contribution in [1.82, 2.24) is 0 Å². The number of carbonyl (C=O) groups is 1. The van der Waals surface area contributed by atoms with Gasteiger partial charge in [-0.05, 0) is 24.3 Å². The number of hydrogen-bond acceptors (Lipinski definition) is 4. The Hall–Kier alpha value is -1.41. The summed E-state index contributed by atoms with van der Waals surface area (Å²) in [4.78, 5) is 17.0. The first kappa shape index (κ1) is 14.5. The van der Waals surface area contributed by atoms with Gasteiger partial charge < -0.3 is 4.90 Å². The lowest BCUT2D eigenvalue weighted by molar-refractivity contribution is -0.115. The summed E-state index contributed by atoms with van der Waals surface area (Å²) in [6.07, 6.45) is 0. The van der Waals surface area contributed by atoms with Crippen LogP contribution in [-0.4, -0.2) is 42.3 Å². The Balaban J connectivity index is 2.02. The molecule has 0 unspecified atom stereocenters. The first-order chi connectivity index (χ1) is 9.85. The van der Waals surface area contributed by atoms with Gasteiger partial charge >= 0.3 is 0 Å². The van der Waals surface area contributed by atoms with Crippen LogP contribution in [0.2, 0.25) is 0 Å². The lowest BCUT2D eigenvalue weighted by Gasteiger charge is -2.24. The third-order valence-corrected chi connectivity index (χ3v) is 6.63. The molecule has 0 spiro atoms. The summed E-state index contributed by atoms with van der Waals surface area (Å²) in [6, 6.07) is 5.49. The molecule has 0 N–H and O–H groups in total. The second kappa shape index (κ2) is 5.10. The summed E-state index contributed by atoms with van der Waals surface area (Å²) in [5.41, 5.74) is 0.647. The molecule has 2 aliphatic rings. The van der Waals surface area contributed by atoms with Gasteiger partial charge in [-0.1, -0.05) is 11.8 Å². The number of rotatable bonds is 1. The molecule has 112 valence electrons. The van der Waals surface area contributed by atoms with Crippen molar-refractivity contribution >= 4 is 38.4 Å². The minimum atomic E-state index is -3.08. The van der Waals surface area contributed by atoms with E-state index in [0.29, 0.717) is 10.9 Å². The highest BCUT2D eigenvalue weighted by Crippen LogP contribution is 2.40. The summed E-state index contributed by atoms with van der Waals surface area (Å²) in [7, 11) is -3.08. The zero-order valence-electron chi connectivity index (χ0n) is 11.2. The Kier molecular flexibility index (Phi) is 3.53. The van der Waals surface area contributed by atoms with E-state index in [0.717, 1.165) is 0 Å². The van der Waals surface area contributed by atoms with Crippen LogP contribution in [0.4, 0.5) is 10.1 Å². The summed E-state index contributed by atoms with van der Waals surface area (Å²) < 4.78 is 36.7. The average molecular weight is 328 g/mol. The topological polar surface area (TPSA) is 66.8 Å². The second-order valence-corrected chi connectivity index (χ2v) is 8.42. The van der Waals surface area contributed by atoms with Crippen molar-refractivity contribution < 1.29 is 17.6 Å². The fourth-order valence-corrected chi connectivity index (χ4v) is 6.56. The monoisotopic (exact) mass is 328 g/mol. The molecular weight excluding hydrogens is 315 g/mol. The predicted octanol–water partition coefficient (Wildman–Crippen LogP) is 1.45. The summed E-state index contributed by atoms with van der Waals surface area (Å²) in [5, 5.41) is 0.345. The number of nitrogens with zero attached hydrogens (tertiary/aromatic N) is 2. The highest BCUT2D eigenvalue weighted by Gasteiger charge is 2.49. The fraction of sp³-hybridized carbons (Fsp3) is 0.385. The average Bonchev–Trinajstić information content (AvgIpc) is 2.81. The van der Waals surface area contributed by atoms with Gasteiger partial charge in [0.1, 0.15) is 5.82 Å². The first-order valence-electron chi connectivity index (χ1n) is 6.37. The number of halogens is 1. The van der Waals surface area contributed by atoms with Crippen molar-refractivity contribution in [3.8, 4) is 0 Å². The van der Waals surface area contributed by atoms with Crippen molar-refractivity contribution in [3.63, 3.8) is 0 Å². The minimum absolute atomic E-state index is 0.0268. The zero-order chi connectivity index (χ0) is 15.2. The smallest absolute Gasteiger partial charge is 0.244 e. The third kappa shape index (κ3) is 2.82. The number of amides is 1. The molecule has 0 radical (unpaired) electrons. The van der Waals surface area contributed by atoms with Crippen molar-refractivity contribution in [2.24, 2.45) is 4.99 Å². The molecule has 1 amide bonds. The van der Waals surface area contributed by atoms with Crippen LogP contribution in [0.5, 0.6) is 0 Å². The summed E-state index contributed by atoms with van der Waals surface area (Å²) in [5.74, 6) is -0.602. The lowest BCUT2D eigenvalue weighted by Crippen LogP contribution is -2.37. The van der Waals surface area contributed by atoms with Crippen LogP contribution in [0.25, 0.3) is 0 Å². The molecule has 2 fully saturated rings. The quantitative estimate of drug-likeness (QED) is 0.780. The Morgan fingerprint density at radius 1 is 1.33 bits per heavy atom. The van der Waals surface area contributed by atoms with Crippen LogP contribution in [0.1, 0.15) is 6.92 Å². The molecule has 1 aromatic carbocycles. The van der Waals surface area contributed by atoms with E-state index >= 15 is 0 Å². The maximum absolute atomic E-state index is 13.1. The van der Waals surface area contributed by atoms with Gasteiger partial charge in [0.25, 0.3) is 0 Å². The van der Waals surface area contributed by atoms with Crippen molar-refractivity contribution in [2.75, 3.05) is 16.4 Å². The van der Waals surface area contributed by atoms with E-state index in [1.807, 2.05) is 0 Å². The molecule has 2 atom stereocenters. The fourth-order valence-electron chi connectivity index (χ4n) is 2.60. The number of sulfone groups is 1. The normalized spacial score (nSPS) is 28.9. The highest BCUT2D eigenvalue weighted by atomic mass is 32.2. The largest absolute Gasteiger partial charge is 0.316 e. The van der Waals surface area contributed by atoms with Gasteiger partial charge in [0.15, 0.2) is 15.0 Å². The number of amidine groups is 1. The van der Waals surface area contributed by atoms with Gasteiger partial charge in [-0.2, -0.15) is 4.99 Å². The Bertz CT molecular complexity index is 715. The van der Waals surface area contributed by atoms with Crippen LogP contribution in [-0.2, 0) is 14.6 Å². The molecule has 1 aromatic rings. The molecular formula is C13H13FN2O3S2.